The van der Waals surface area contributed by atoms with E-state index in [1.807, 2.05) is 60.7 Å². The van der Waals surface area contributed by atoms with Crippen LogP contribution in [0.4, 0.5) is 5.69 Å². The van der Waals surface area contributed by atoms with E-state index >= 15 is 0 Å². The second-order valence-corrected chi connectivity index (χ2v) is 7.27. The molecule has 31 heavy (non-hydrogen) atoms. The van der Waals surface area contributed by atoms with Crippen molar-refractivity contribution in [2.45, 2.75) is 6.17 Å². The second-order valence-electron chi connectivity index (χ2n) is 7.27. The molecule has 4 aromatic rings. The van der Waals surface area contributed by atoms with Crippen LogP contribution in [0.1, 0.15) is 21.6 Å². The molecule has 2 amide bonds. The number of aromatic nitrogens is 2. The Morgan fingerprint density at radius 2 is 1.77 bits per heavy atom. The molecular formula is C24H19N5O2. The molecule has 0 saturated carbocycles. The highest BCUT2D eigenvalue weighted by Gasteiger charge is 2.31. The molecule has 1 aliphatic rings. The molecule has 7 nitrogen and oxygen atoms in total. The lowest BCUT2D eigenvalue weighted by atomic mass is 10.0. The minimum atomic E-state index is -1.07. The number of pyridine rings is 1. The summed E-state index contributed by atoms with van der Waals surface area (Å²) in [6, 6.07) is 20.6. The maximum atomic E-state index is 13.2. The first kappa shape index (κ1) is 18.7. The van der Waals surface area contributed by atoms with E-state index in [0.717, 1.165) is 27.7 Å². The number of likely N-dealkylation sites (N-methyl/N-ethyl adjacent to an activating group) is 1. The van der Waals surface area contributed by atoms with Gasteiger partial charge in [-0.05, 0) is 30.3 Å². The van der Waals surface area contributed by atoms with Crippen LogP contribution < -0.4 is 10.2 Å². The summed E-state index contributed by atoms with van der Waals surface area (Å²) in [6.07, 6.45) is 2.28. The van der Waals surface area contributed by atoms with Gasteiger partial charge in [0.2, 0.25) is 6.17 Å². The third-order valence-electron chi connectivity index (χ3n) is 5.34. The third kappa shape index (κ3) is 3.36. The molecule has 0 aliphatic carbocycles. The number of aromatic amines is 1. The van der Waals surface area contributed by atoms with Gasteiger partial charge in [0.05, 0.1) is 11.4 Å². The number of benzene rings is 2. The zero-order valence-corrected chi connectivity index (χ0v) is 16.7. The zero-order valence-electron chi connectivity index (χ0n) is 16.7. The number of nitrogens with one attached hydrogen (secondary N) is 2. The smallest absolute Gasteiger partial charge is 0.272 e. The van der Waals surface area contributed by atoms with Gasteiger partial charge in [-0.1, -0.05) is 36.4 Å². The van der Waals surface area contributed by atoms with Crippen molar-refractivity contribution in [2.24, 2.45) is 4.99 Å². The summed E-state index contributed by atoms with van der Waals surface area (Å²) in [5, 5.41) is 3.71. The van der Waals surface area contributed by atoms with Gasteiger partial charge in [0.25, 0.3) is 11.8 Å². The van der Waals surface area contributed by atoms with Gasteiger partial charge in [-0.25, -0.2) is 4.99 Å². The SMILES string of the molecule is CN1C(=O)C(NC(=O)c2cc3ccccc3[nH]2)N=C(c2ccncc2)c2ccccc21. The van der Waals surface area contributed by atoms with Crippen molar-refractivity contribution in [1.82, 2.24) is 15.3 Å². The number of fused-ring (bicyclic) bond motifs is 2. The lowest BCUT2D eigenvalue weighted by Gasteiger charge is -2.20. The van der Waals surface area contributed by atoms with Crippen molar-refractivity contribution in [3.63, 3.8) is 0 Å². The largest absolute Gasteiger partial charge is 0.351 e. The third-order valence-corrected chi connectivity index (χ3v) is 5.34. The number of carbonyl (C=O) groups is 2. The molecule has 3 heterocycles. The molecule has 152 valence electrons. The number of carbonyl (C=O) groups excluding carboxylic acids is 2. The molecule has 2 N–H and O–H groups in total. The fraction of sp³-hybridized carbons (Fsp3) is 0.0833. The van der Waals surface area contributed by atoms with Gasteiger partial charge in [-0.15, -0.1) is 0 Å². The Morgan fingerprint density at radius 1 is 1.03 bits per heavy atom. The highest BCUT2D eigenvalue weighted by molar-refractivity contribution is 6.20. The van der Waals surface area contributed by atoms with Gasteiger partial charge in [-0.2, -0.15) is 0 Å². The summed E-state index contributed by atoms with van der Waals surface area (Å²) in [6.45, 7) is 0. The molecule has 1 atom stereocenters. The first-order valence-electron chi connectivity index (χ1n) is 9.85. The van der Waals surface area contributed by atoms with Crippen molar-refractivity contribution in [1.29, 1.82) is 0 Å². The van der Waals surface area contributed by atoms with E-state index in [9.17, 15) is 9.59 Å². The van der Waals surface area contributed by atoms with Crippen molar-refractivity contribution in [3.05, 3.63) is 95.9 Å². The van der Waals surface area contributed by atoms with Crippen LogP contribution in [0.25, 0.3) is 10.9 Å². The molecule has 0 spiro atoms. The zero-order chi connectivity index (χ0) is 21.4. The fourth-order valence-electron chi connectivity index (χ4n) is 3.75. The number of amides is 2. The minimum Gasteiger partial charge on any atom is -0.351 e. The quantitative estimate of drug-likeness (QED) is 0.545. The predicted octanol–water partition coefficient (Wildman–Crippen LogP) is 3.13. The maximum Gasteiger partial charge on any atom is 0.272 e. The number of para-hydroxylation sites is 2. The molecule has 1 unspecified atom stereocenters. The average Bonchev–Trinajstić information content (AvgIpc) is 3.22. The summed E-state index contributed by atoms with van der Waals surface area (Å²) >= 11 is 0. The van der Waals surface area contributed by atoms with Gasteiger partial charge < -0.3 is 15.2 Å². The maximum absolute atomic E-state index is 13.2. The number of benzodiazepines with no additional fused rings is 1. The van der Waals surface area contributed by atoms with Gasteiger partial charge in [0, 0.05) is 41.5 Å². The normalized spacial score (nSPS) is 15.9. The van der Waals surface area contributed by atoms with E-state index in [-0.39, 0.29) is 5.91 Å². The molecule has 5 rings (SSSR count). The topological polar surface area (TPSA) is 90.5 Å². The number of hydrogen-bond acceptors (Lipinski definition) is 4. The van der Waals surface area contributed by atoms with Crippen molar-refractivity contribution in [2.75, 3.05) is 11.9 Å². The standard InChI is InChI=1S/C24H19N5O2/c1-29-20-9-5-3-7-17(20)21(15-10-12-25-13-11-15)27-22(24(29)31)28-23(30)19-14-16-6-2-4-8-18(16)26-19/h2-14,22,26H,1H3,(H,28,30). The van der Waals surface area contributed by atoms with Crippen molar-refractivity contribution in [3.8, 4) is 0 Å². The monoisotopic (exact) mass is 409 g/mol. The van der Waals surface area contributed by atoms with E-state index in [0.29, 0.717) is 11.4 Å². The summed E-state index contributed by atoms with van der Waals surface area (Å²) in [7, 11) is 1.69. The van der Waals surface area contributed by atoms with Crippen molar-refractivity contribution >= 4 is 34.1 Å². The van der Waals surface area contributed by atoms with Crippen LogP contribution in [-0.4, -0.2) is 40.7 Å². The van der Waals surface area contributed by atoms with Crippen LogP contribution in [0.2, 0.25) is 0 Å². The number of anilines is 1. The van der Waals surface area contributed by atoms with E-state index in [4.69, 9.17) is 0 Å². The minimum absolute atomic E-state index is 0.319. The number of hydrogen-bond donors (Lipinski definition) is 2. The Kier molecular flexibility index (Phi) is 4.55. The van der Waals surface area contributed by atoms with E-state index in [2.05, 4.69) is 20.3 Å². The summed E-state index contributed by atoms with van der Waals surface area (Å²) in [5.74, 6) is -0.715. The molecule has 0 fully saturated rings. The van der Waals surface area contributed by atoms with Gasteiger partial charge in [0.15, 0.2) is 0 Å². The summed E-state index contributed by atoms with van der Waals surface area (Å²) < 4.78 is 0. The second kappa shape index (κ2) is 7.53. The Morgan fingerprint density at radius 3 is 2.58 bits per heavy atom. The van der Waals surface area contributed by atoms with Crippen LogP contribution in [0, 0.1) is 0 Å². The highest BCUT2D eigenvalue weighted by atomic mass is 16.2. The lowest BCUT2D eigenvalue weighted by molar-refractivity contribution is -0.119. The first-order valence-corrected chi connectivity index (χ1v) is 9.85. The van der Waals surface area contributed by atoms with E-state index in [1.54, 1.807) is 25.5 Å². The fourth-order valence-corrected chi connectivity index (χ4v) is 3.75. The summed E-state index contributed by atoms with van der Waals surface area (Å²) in [5.41, 5.74) is 4.20. The molecule has 7 heteroatoms. The Hall–Kier alpha value is -4.26. The van der Waals surface area contributed by atoms with E-state index < -0.39 is 12.1 Å². The molecule has 2 aromatic heterocycles. The van der Waals surface area contributed by atoms with Gasteiger partial charge >= 0.3 is 0 Å². The average molecular weight is 409 g/mol. The summed E-state index contributed by atoms with van der Waals surface area (Å²) in [4.78, 5) is 39.6. The number of nitrogens with zero attached hydrogens (tertiary/aromatic N) is 3. The van der Waals surface area contributed by atoms with Crippen LogP contribution >= 0.6 is 0 Å². The first-order chi connectivity index (χ1) is 15.1. The lowest BCUT2D eigenvalue weighted by Crippen LogP contribution is -2.46. The predicted molar refractivity (Wildman–Crippen MR) is 119 cm³/mol. The highest BCUT2D eigenvalue weighted by Crippen LogP contribution is 2.27. The number of rotatable bonds is 3. The molecule has 2 aromatic carbocycles. The molecule has 0 radical (unpaired) electrons. The van der Waals surface area contributed by atoms with Crippen LogP contribution in [0.15, 0.2) is 84.1 Å². The van der Waals surface area contributed by atoms with E-state index in [1.165, 1.54) is 4.90 Å². The molecular weight excluding hydrogens is 390 g/mol. The Balaban J connectivity index is 1.56. The Bertz CT molecular complexity index is 1290. The van der Waals surface area contributed by atoms with Gasteiger partial charge in [-0.3, -0.25) is 14.6 Å². The van der Waals surface area contributed by atoms with Crippen molar-refractivity contribution < 1.29 is 9.59 Å². The number of H-pyrrole nitrogens is 1. The Labute approximate surface area is 178 Å². The number of aliphatic imine (C=N–C) groups is 1. The van der Waals surface area contributed by atoms with Gasteiger partial charge in [0.1, 0.15) is 5.69 Å². The van der Waals surface area contributed by atoms with Crippen LogP contribution in [-0.2, 0) is 4.79 Å². The van der Waals surface area contributed by atoms with Crippen LogP contribution in [0.3, 0.4) is 0 Å². The van der Waals surface area contributed by atoms with Crippen LogP contribution in [0.5, 0.6) is 0 Å². The molecule has 1 aliphatic heterocycles. The molecule has 0 bridgehead atoms. The molecule has 0 saturated heterocycles.